The van der Waals surface area contributed by atoms with Crippen molar-refractivity contribution in [3.63, 3.8) is 0 Å². The molecule has 0 aliphatic rings. The van der Waals surface area contributed by atoms with Gasteiger partial charge in [-0.2, -0.15) is 5.10 Å². The van der Waals surface area contributed by atoms with E-state index in [9.17, 15) is 4.39 Å². The number of nitrogens with one attached hydrogen (secondary N) is 3. The van der Waals surface area contributed by atoms with E-state index in [1.54, 1.807) is 31.0 Å². The minimum absolute atomic E-state index is 0.327. The molecule has 0 atom stereocenters. The Morgan fingerprint density at radius 1 is 0.973 bits per heavy atom. The smallest absolute Gasteiger partial charge is 0.159 e. The lowest BCUT2D eigenvalue weighted by Crippen LogP contribution is -2.20. The van der Waals surface area contributed by atoms with Crippen molar-refractivity contribution in [2.75, 3.05) is 32.5 Å². The van der Waals surface area contributed by atoms with Gasteiger partial charge in [0.25, 0.3) is 0 Å². The molecule has 10 heteroatoms. The van der Waals surface area contributed by atoms with E-state index in [4.69, 9.17) is 4.98 Å². The summed E-state index contributed by atoms with van der Waals surface area (Å²) in [5.74, 6) is 0.255. The van der Waals surface area contributed by atoms with Gasteiger partial charge in [-0.25, -0.2) is 9.37 Å². The highest BCUT2D eigenvalue weighted by Gasteiger charge is 2.17. The molecule has 0 saturated heterocycles. The molecule has 6 rings (SSSR count). The van der Waals surface area contributed by atoms with Crippen LogP contribution in [0.25, 0.3) is 55.8 Å². The van der Waals surface area contributed by atoms with Crippen molar-refractivity contribution in [2.45, 2.75) is 0 Å². The quantitative estimate of drug-likeness (QED) is 0.295. The number of anilines is 1. The first-order valence-corrected chi connectivity index (χ1v) is 11.8. The molecule has 6 aromatic rings. The lowest BCUT2D eigenvalue weighted by Gasteiger charge is -2.12. The monoisotopic (exact) mass is 493 g/mol. The number of rotatable bonds is 7. The summed E-state index contributed by atoms with van der Waals surface area (Å²) in [4.78, 5) is 23.4. The lowest BCUT2D eigenvalue weighted by molar-refractivity contribution is 0.425. The van der Waals surface area contributed by atoms with Gasteiger partial charge in [0.1, 0.15) is 11.5 Å². The van der Waals surface area contributed by atoms with Crippen LogP contribution in [-0.2, 0) is 0 Å². The number of aromatic amines is 2. The highest BCUT2D eigenvalue weighted by molar-refractivity contribution is 5.97. The summed E-state index contributed by atoms with van der Waals surface area (Å²) < 4.78 is 14.6. The van der Waals surface area contributed by atoms with Crippen molar-refractivity contribution in [1.29, 1.82) is 0 Å². The van der Waals surface area contributed by atoms with Crippen LogP contribution >= 0.6 is 0 Å². The molecule has 0 fully saturated rings. The largest absolute Gasteiger partial charge is 0.384 e. The highest BCUT2D eigenvalue weighted by Crippen LogP contribution is 2.33. The van der Waals surface area contributed by atoms with Gasteiger partial charge in [-0.05, 0) is 56.1 Å². The molecule has 0 saturated carbocycles. The van der Waals surface area contributed by atoms with Crippen LogP contribution in [0.15, 0.2) is 67.4 Å². The number of hydrogen-bond donors (Lipinski definition) is 3. The molecule has 1 aromatic carbocycles. The molecule has 37 heavy (non-hydrogen) atoms. The molecule has 9 nitrogen and oxygen atoms in total. The molecule has 3 N–H and O–H groups in total. The van der Waals surface area contributed by atoms with E-state index < -0.39 is 0 Å². The summed E-state index contributed by atoms with van der Waals surface area (Å²) >= 11 is 0. The van der Waals surface area contributed by atoms with Gasteiger partial charge < -0.3 is 15.2 Å². The Kier molecular flexibility index (Phi) is 5.78. The van der Waals surface area contributed by atoms with Crippen LogP contribution in [0.4, 0.5) is 10.1 Å². The van der Waals surface area contributed by atoms with E-state index in [1.807, 2.05) is 38.4 Å². The van der Waals surface area contributed by atoms with Crippen molar-refractivity contribution < 1.29 is 4.39 Å². The molecular weight excluding hydrogens is 469 g/mol. The molecule has 5 aromatic heterocycles. The normalized spacial score (nSPS) is 11.6. The van der Waals surface area contributed by atoms with Gasteiger partial charge in [-0.3, -0.25) is 20.1 Å². The topological polar surface area (TPSA) is 111 Å². The zero-order valence-electron chi connectivity index (χ0n) is 20.3. The molecule has 0 aliphatic carbocycles. The number of halogens is 1. The predicted molar refractivity (Wildman–Crippen MR) is 142 cm³/mol. The predicted octanol–water partition coefficient (Wildman–Crippen LogP) is 4.74. The summed E-state index contributed by atoms with van der Waals surface area (Å²) in [7, 11) is 4.00. The number of pyridine rings is 3. The first-order valence-electron chi connectivity index (χ1n) is 11.8. The molecule has 0 spiro atoms. The SMILES string of the molecule is CN(C)CCNc1cc(F)cc(-c2cncc3[nH]c(-c4n[nH]c5cnc(-c6cccnc6)cc45)nc23)c1. The van der Waals surface area contributed by atoms with E-state index in [-0.39, 0.29) is 5.82 Å². The highest BCUT2D eigenvalue weighted by atomic mass is 19.1. The summed E-state index contributed by atoms with van der Waals surface area (Å²) in [6, 6.07) is 10.7. The van der Waals surface area contributed by atoms with Crippen LogP contribution in [-0.4, -0.2) is 67.2 Å². The van der Waals surface area contributed by atoms with Gasteiger partial charge in [0.2, 0.25) is 0 Å². The number of fused-ring (bicyclic) bond motifs is 2. The van der Waals surface area contributed by atoms with Gasteiger partial charge in [-0.1, -0.05) is 0 Å². The van der Waals surface area contributed by atoms with Gasteiger partial charge in [0.15, 0.2) is 5.82 Å². The van der Waals surface area contributed by atoms with Gasteiger partial charge >= 0.3 is 0 Å². The third kappa shape index (κ3) is 4.50. The molecular formula is C27H24FN9. The second-order valence-corrected chi connectivity index (χ2v) is 9.06. The number of likely N-dealkylation sites (N-methyl/N-ethyl adjacent to an activating group) is 1. The summed E-state index contributed by atoms with van der Waals surface area (Å²) in [6.45, 7) is 1.54. The Bertz CT molecular complexity index is 1710. The van der Waals surface area contributed by atoms with E-state index in [1.165, 1.54) is 12.1 Å². The second-order valence-electron chi connectivity index (χ2n) is 9.06. The first-order chi connectivity index (χ1) is 18.0. The number of aromatic nitrogens is 7. The van der Waals surface area contributed by atoms with Crippen LogP contribution < -0.4 is 5.32 Å². The van der Waals surface area contributed by atoms with Crippen LogP contribution in [0, 0.1) is 5.82 Å². The fourth-order valence-electron chi connectivity index (χ4n) is 4.30. The van der Waals surface area contributed by atoms with Crippen molar-refractivity contribution in [3.8, 4) is 33.9 Å². The molecule has 0 aliphatic heterocycles. The van der Waals surface area contributed by atoms with Crippen molar-refractivity contribution in [1.82, 2.24) is 40.0 Å². The molecule has 5 heterocycles. The molecule has 184 valence electrons. The van der Waals surface area contributed by atoms with E-state index >= 15 is 0 Å². The average Bonchev–Trinajstić information content (AvgIpc) is 3.52. The minimum Gasteiger partial charge on any atom is -0.384 e. The minimum atomic E-state index is -0.327. The molecule has 0 unspecified atom stereocenters. The van der Waals surface area contributed by atoms with E-state index in [0.29, 0.717) is 34.8 Å². The Morgan fingerprint density at radius 2 is 1.89 bits per heavy atom. The second kappa shape index (κ2) is 9.40. The molecule has 0 bridgehead atoms. The summed E-state index contributed by atoms with van der Waals surface area (Å²) in [5, 5.41) is 11.7. The third-order valence-electron chi connectivity index (χ3n) is 6.12. The van der Waals surface area contributed by atoms with Gasteiger partial charge in [-0.15, -0.1) is 0 Å². The van der Waals surface area contributed by atoms with Crippen LogP contribution in [0.1, 0.15) is 0 Å². The van der Waals surface area contributed by atoms with Crippen molar-refractivity contribution in [3.05, 3.63) is 73.2 Å². The lowest BCUT2D eigenvalue weighted by atomic mass is 10.1. The molecule has 0 radical (unpaired) electrons. The van der Waals surface area contributed by atoms with Crippen LogP contribution in [0.3, 0.4) is 0 Å². The van der Waals surface area contributed by atoms with Gasteiger partial charge in [0, 0.05) is 53.9 Å². The maximum absolute atomic E-state index is 14.6. The summed E-state index contributed by atoms with van der Waals surface area (Å²) in [6.07, 6.45) is 8.67. The Labute approximate surface area is 211 Å². The fourth-order valence-corrected chi connectivity index (χ4v) is 4.30. The maximum Gasteiger partial charge on any atom is 0.159 e. The number of nitrogens with zero attached hydrogens (tertiary/aromatic N) is 6. The van der Waals surface area contributed by atoms with Gasteiger partial charge in [0.05, 0.1) is 34.6 Å². The standard InChI is InChI=1S/C27H24FN9/c1-37(2)7-6-31-19-9-17(8-18(28)10-19)21-13-30-14-24-25(21)34-27(33-24)26-20-11-22(16-4-3-5-29-12-16)32-15-23(20)35-36-26/h3-5,8-15,31H,6-7H2,1-2H3,(H,33,34)(H,35,36). The number of imidazole rings is 1. The van der Waals surface area contributed by atoms with Crippen molar-refractivity contribution in [2.24, 2.45) is 0 Å². The zero-order chi connectivity index (χ0) is 25.4. The van der Waals surface area contributed by atoms with Crippen LogP contribution in [0.5, 0.6) is 0 Å². The third-order valence-corrected chi connectivity index (χ3v) is 6.12. The van der Waals surface area contributed by atoms with E-state index in [0.717, 1.165) is 39.8 Å². The zero-order valence-corrected chi connectivity index (χ0v) is 20.3. The number of hydrogen-bond acceptors (Lipinski definition) is 7. The number of benzene rings is 1. The summed E-state index contributed by atoms with van der Waals surface area (Å²) in [5.41, 5.74) is 6.70. The van der Waals surface area contributed by atoms with E-state index in [2.05, 4.69) is 40.3 Å². The number of H-pyrrole nitrogens is 2. The van der Waals surface area contributed by atoms with Crippen molar-refractivity contribution >= 4 is 27.6 Å². The molecule has 0 amide bonds. The van der Waals surface area contributed by atoms with Crippen LogP contribution in [0.2, 0.25) is 0 Å². The Morgan fingerprint density at radius 3 is 2.73 bits per heavy atom. The fraction of sp³-hybridized carbons (Fsp3) is 0.148. The average molecular weight is 494 g/mol. The Balaban J connectivity index is 1.41. The Hall–Kier alpha value is -4.70. The first kappa shape index (κ1) is 22.7. The maximum atomic E-state index is 14.6.